The van der Waals surface area contributed by atoms with Crippen LogP contribution in [-0.2, 0) is 4.79 Å². The number of fused-ring (bicyclic) bond motifs is 1. The molecule has 1 aromatic heterocycles. The fourth-order valence-corrected chi connectivity index (χ4v) is 4.91. The van der Waals surface area contributed by atoms with Gasteiger partial charge in [-0.2, -0.15) is 11.3 Å². The van der Waals surface area contributed by atoms with Crippen LogP contribution in [0.1, 0.15) is 53.7 Å². The molecule has 0 bridgehead atoms. The van der Waals surface area contributed by atoms with Crippen molar-refractivity contribution in [3.05, 3.63) is 82.0 Å². The summed E-state index contributed by atoms with van der Waals surface area (Å²) < 4.78 is 5.30. The maximum Gasteiger partial charge on any atom is 0.259 e. The van der Waals surface area contributed by atoms with Gasteiger partial charge < -0.3 is 10.1 Å². The molecule has 0 saturated carbocycles. The molecule has 0 spiro atoms. The Morgan fingerprint density at radius 2 is 1.88 bits per heavy atom. The summed E-state index contributed by atoms with van der Waals surface area (Å²) in [4.78, 5) is 29.0. The van der Waals surface area contributed by atoms with Crippen molar-refractivity contribution in [3.8, 4) is 5.75 Å². The van der Waals surface area contributed by atoms with Gasteiger partial charge in [-0.1, -0.05) is 32.0 Å². The molecular formula is C26H28N2O3S. The van der Waals surface area contributed by atoms with Crippen LogP contribution in [0.2, 0.25) is 0 Å². The summed E-state index contributed by atoms with van der Waals surface area (Å²) in [6.45, 7) is 4.89. The zero-order valence-corrected chi connectivity index (χ0v) is 19.4. The molecule has 0 aliphatic carbocycles. The number of ether oxygens (including phenoxy) is 1. The molecule has 0 radical (unpaired) electrons. The van der Waals surface area contributed by atoms with Gasteiger partial charge in [0.1, 0.15) is 5.75 Å². The smallest absolute Gasteiger partial charge is 0.259 e. The highest BCUT2D eigenvalue weighted by Crippen LogP contribution is 2.45. The first kappa shape index (κ1) is 22.1. The number of methoxy groups -OCH3 is 1. The zero-order valence-electron chi connectivity index (χ0n) is 18.6. The molecule has 2 atom stereocenters. The minimum Gasteiger partial charge on any atom is -0.497 e. The number of hydrogen-bond donors (Lipinski definition) is 1. The van der Waals surface area contributed by atoms with Gasteiger partial charge in [0.25, 0.3) is 5.91 Å². The third-order valence-corrected chi connectivity index (χ3v) is 6.58. The molecule has 32 heavy (non-hydrogen) atoms. The lowest BCUT2D eigenvalue weighted by molar-refractivity contribution is -0.123. The van der Waals surface area contributed by atoms with E-state index in [9.17, 15) is 9.59 Å². The number of carbonyl (C=O) groups excluding carboxylic acids is 2. The Morgan fingerprint density at radius 3 is 2.53 bits per heavy atom. The molecule has 2 amide bonds. The molecule has 4 rings (SSSR count). The van der Waals surface area contributed by atoms with E-state index in [1.165, 1.54) is 0 Å². The molecule has 0 fully saturated rings. The molecule has 2 heterocycles. The Bertz CT molecular complexity index is 1080. The lowest BCUT2D eigenvalue weighted by atomic mass is 9.79. The number of thiophene rings is 1. The zero-order chi connectivity index (χ0) is 22.7. The van der Waals surface area contributed by atoms with E-state index in [2.05, 4.69) is 19.2 Å². The lowest BCUT2D eigenvalue weighted by Gasteiger charge is -2.41. The molecule has 1 N–H and O–H groups in total. The van der Waals surface area contributed by atoms with Gasteiger partial charge >= 0.3 is 0 Å². The Hall–Kier alpha value is -3.12. The monoisotopic (exact) mass is 448 g/mol. The Kier molecular flexibility index (Phi) is 6.61. The maximum atomic E-state index is 13.7. The predicted octanol–water partition coefficient (Wildman–Crippen LogP) is 5.40. The molecule has 1 aliphatic rings. The highest BCUT2D eigenvalue weighted by atomic mass is 32.1. The van der Waals surface area contributed by atoms with Gasteiger partial charge in [0.2, 0.25) is 5.91 Å². The molecule has 2 aromatic carbocycles. The van der Waals surface area contributed by atoms with E-state index >= 15 is 0 Å². The van der Waals surface area contributed by atoms with Crippen LogP contribution in [0.15, 0.2) is 65.4 Å². The van der Waals surface area contributed by atoms with Gasteiger partial charge in [0.05, 0.1) is 19.1 Å². The first-order valence-electron chi connectivity index (χ1n) is 10.9. The van der Waals surface area contributed by atoms with E-state index in [4.69, 9.17) is 4.74 Å². The highest BCUT2D eigenvalue weighted by molar-refractivity contribution is 7.08. The summed E-state index contributed by atoms with van der Waals surface area (Å²) in [5.41, 5.74) is 3.04. The van der Waals surface area contributed by atoms with Crippen molar-refractivity contribution in [2.45, 2.75) is 32.2 Å². The summed E-state index contributed by atoms with van der Waals surface area (Å²) in [6, 6.07) is 16.5. The second kappa shape index (κ2) is 9.57. The van der Waals surface area contributed by atoms with Crippen LogP contribution >= 0.6 is 11.3 Å². The van der Waals surface area contributed by atoms with Crippen molar-refractivity contribution in [1.29, 1.82) is 0 Å². The van der Waals surface area contributed by atoms with Crippen molar-refractivity contribution in [2.75, 3.05) is 18.6 Å². The minimum atomic E-state index is -0.507. The van der Waals surface area contributed by atoms with Crippen LogP contribution in [0.3, 0.4) is 0 Å². The number of hydrogen-bond acceptors (Lipinski definition) is 4. The van der Waals surface area contributed by atoms with E-state index in [-0.39, 0.29) is 11.8 Å². The van der Waals surface area contributed by atoms with Crippen LogP contribution in [-0.4, -0.2) is 25.5 Å². The van der Waals surface area contributed by atoms with Crippen LogP contribution in [0.4, 0.5) is 5.69 Å². The summed E-state index contributed by atoms with van der Waals surface area (Å²) in [5, 5.41) is 7.14. The van der Waals surface area contributed by atoms with Crippen LogP contribution in [0.5, 0.6) is 5.75 Å². The van der Waals surface area contributed by atoms with E-state index in [0.717, 1.165) is 23.2 Å². The molecule has 5 nitrogen and oxygen atoms in total. The highest BCUT2D eigenvalue weighted by Gasteiger charge is 2.44. The quantitative estimate of drug-likeness (QED) is 0.526. The van der Waals surface area contributed by atoms with Crippen molar-refractivity contribution in [1.82, 2.24) is 5.32 Å². The minimum absolute atomic E-state index is 0.0553. The number of rotatable bonds is 7. The van der Waals surface area contributed by atoms with Crippen LogP contribution < -0.4 is 15.0 Å². The first-order chi connectivity index (χ1) is 15.5. The lowest BCUT2D eigenvalue weighted by Crippen LogP contribution is -2.47. The van der Waals surface area contributed by atoms with Crippen molar-refractivity contribution in [2.24, 2.45) is 5.92 Å². The summed E-state index contributed by atoms with van der Waals surface area (Å²) in [5.74, 6) is 0.550. The summed E-state index contributed by atoms with van der Waals surface area (Å²) >= 11 is 1.56. The normalized spacial score (nSPS) is 17.9. The van der Waals surface area contributed by atoms with Gasteiger partial charge in [-0.15, -0.1) is 0 Å². The van der Waals surface area contributed by atoms with Gasteiger partial charge in [0, 0.05) is 17.8 Å². The van der Waals surface area contributed by atoms with E-state index in [0.29, 0.717) is 23.8 Å². The van der Waals surface area contributed by atoms with Crippen molar-refractivity contribution >= 4 is 28.8 Å². The van der Waals surface area contributed by atoms with Gasteiger partial charge in [-0.05, 0) is 70.6 Å². The standard InChI is InChI=1S/C26H28N2O3S/c1-17(2)12-14-27-25(29)23-21-6-4-5-7-22(21)26(30)28(24(23)18-13-15-32-16-18)19-8-10-20(31-3)11-9-19/h4-11,13,15-17,23-24H,12,14H2,1-3H3,(H,27,29)/t23-,24-/m0/s1. The van der Waals surface area contributed by atoms with Gasteiger partial charge in [0.15, 0.2) is 0 Å². The summed E-state index contributed by atoms with van der Waals surface area (Å²) in [7, 11) is 1.61. The van der Waals surface area contributed by atoms with Crippen LogP contribution in [0, 0.1) is 5.92 Å². The fraction of sp³-hybridized carbons (Fsp3) is 0.308. The average molecular weight is 449 g/mol. The molecule has 3 aromatic rings. The second-order valence-corrected chi connectivity index (χ2v) is 9.19. The van der Waals surface area contributed by atoms with Crippen LogP contribution in [0.25, 0.3) is 0 Å². The number of anilines is 1. The molecule has 166 valence electrons. The molecule has 1 aliphatic heterocycles. The fourth-order valence-electron chi connectivity index (χ4n) is 4.22. The molecule has 0 unspecified atom stereocenters. The third kappa shape index (κ3) is 4.28. The van der Waals surface area contributed by atoms with Crippen molar-refractivity contribution in [3.63, 3.8) is 0 Å². The number of amides is 2. The maximum absolute atomic E-state index is 13.7. The summed E-state index contributed by atoms with van der Waals surface area (Å²) in [6.07, 6.45) is 0.907. The molecular weight excluding hydrogens is 420 g/mol. The SMILES string of the molecule is COc1ccc(N2C(=O)c3ccccc3[C@H](C(=O)NCCC(C)C)[C@@H]2c2ccsc2)cc1. The Morgan fingerprint density at radius 1 is 1.12 bits per heavy atom. The third-order valence-electron chi connectivity index (χ3n) is 5.88. The van der Waals surface area contributed by atoms with Crippen molar-refractivity contribution < 1.29 is 14.3 Å². The first-order valence-corrected chi connectivity index (χ1v) is 11.8. The van der Waals surface area contributed by atoms with E-state index < -0.39 is 12.0 Å². The Labute approximate surface area is 193 Å². The average Bonchev–Trinajstić information content (AvgIpc) is 3.33. The largest absolute Gasteiger partial charge is 0.497 e. The molecule has 6 heteroatoms. The number of benzene rings is 2. The number of carbonyl (C=O) groups is 2. The second-order valence-electron chi connectivity index (χ2n) is 8.41. The Balaban J connectivity index is 1.82. The number of nitrogens with one attached hydrogen (secondary N) is 1. The predicted molar refractivity (Wildman–Crippen MR) is 129 cm³/mol. The topological polar surface area (TPSA) is 58.6 Å². The van der Waals surface area contributed by atoms with E-state index in [1.54, 1.807) is 23.3 Å². The van der Waals surface area contributed by atoms with Gasteiger partial charge in [-0.3, -0.25) is 14.5 Å². The van der Waals surface area contributed by atoms with Gasteiger partial charge in [-0.25, -0.2) is 0 Å². The number of nitrogens with zero attached hydrogens (tertiary/aromatic N) is 1. The van der Waals surface area contributed by atoms with E-state index in [1.807, 2.05) is 65.4 Å². The molecule has 0 saturated heterocycles.